The lowest BCUT2D eigenvalue weighted by Gasteiger charge is -2.39. The maximum Gasteiger partial charge on any atom is 0.430 e. The molecule has 1 heterocycles. The summed E-state index contributed by atoms with van der Waals surface area (Å²) >= 11 is 0. The summed E-state index contributed by atoms with van der Waals surface area (Å²) in [7, 11) is 0. The van der Waals surface area contributed by atoms with Gasteiger partial charge >= 0.3 is 6.18 Å². The number of rotatable bonds is 6. The number of amides is 1. The second-order valence-corrected chi connectivity index (χ2v) is 9.10. The zero-order valence-electron chi connectivity index (χ0n) is 19.2. The molecule has 1 saturated carbocycles. The van der Waals surface area contributed by atoms with E-state index >= 15 is 0 Å². The van der Waals surface area contributed by atoms with Gasteiger partial charge in [0, 0.05) is 35.8 Å². The minimum absolute atomic E-state index is 0.149. The van der Waals surface area contributed by atoms with Crippen molar-refractivity contribution in [2.45, 2.75) is 38.8 Å². The summed E-state index contributed by atoms with van der Waals surface area (Å²) in [6.45, 7) is 7.96. The van der Waals surface area contributed by atoms with Crippen molar-refractivity contribution in [1.29, 1.82) is 5.26 Å². The Morgan fingerprint density at radius 2 is 1.79 bits per heavy atom. The highest BCUT2D eigenvalue weighted by molar-refractivity contribution is 5.96. The molecule has 2 aliphatic rings. The predicted molar refractivity (Wildman–Crippen MR) is 125 cm³/mol. The Balaban J connectivity index is 1.55. The van der Waals surface area contributed by atoms with Crippen LogP contribution in [0.1, 0.15) is 58.3 Å². The van der Waals surface area contributed by atoms with Crippen LogP contribution in [0, 0.1) is 24.2 Å². The average molecular weight is 466 g/mol. The summed E-state index contributed by atoms with van der Waals surface area (Å²) in [6.07, 6.45) is -2.68. The molecular formula is C27H26F3N3O. The molecule has 4 rings (SSSR count). The Bertz CT molecular complexity index is 1200. The van der Waals surface area contributed by atoms with E-state index in [1.165, 1.54) is 0 Å². The van der Waals surface area contributed by atoms with E-state index < -0.39 is 11.9 Å². The predicted octanol–water partition coefficient (Wildman–Crippen LogP) is 5.91. The lowest BCUT2D eigenvalue weighted by atomic mass is 9.90. The van der Waals surface area contributed by atoms with Gasteiger partial charge in [-0.2, -0.15) is 18.4 Å². The number of alkyl halides is 3. The lowest BCUT2D eigenvalue weighted by Crippen LogP contribution is -2.48. The number of nitrogens with one attached hydrogen (secondary N) is 1. The lowest BCUT2D eigenvalue weighted by molar-refractivity contribution is -0.0947. The number of likely N-dealkylation sites (tertiary alicyclic amines) is 1. The minimum Gasteiger partial charge on any atom is -0.352 e. The number of hydrogen-bond donors (Lipinski definition) is 1. The summed E-state index contributed by atoms with van der Waals surface area (Å²) in [6, 6.07) is 14.6. The van der Waals surface area contributed by atoms with Gasteiger partial charge in [-0.1, -0.05) is 24.8 Å². The van der Waals surface area contributed by atoms with E-state index in [9.17, 15) is 18.0 Å². The van der Waals surface area contributed by atoms with Crippen LogP contribution in [0.25, 0.3) is 5.70 Å². The third-order valence-electron chi connectivity index (χ3n) is 6.64. The van der Waals surface area contributed by atoms with Crippen molar-refractivity contribution in [1.82, 2.24) is 10.2 Å². The molecule has 0 atom stereocenters. The quantitative estimate of drug-likeness (QED) is 0.577. The van der Waals surface area contributed by atoms with Crippen molar-refractivity contribution >= 4 is 11.6 Å². The number of nitrogens with zero attached hydrogens (tertiary/aromatic N) is 2. The molecule has 7 heteroatoms. The molecule has 4 nitrogen and oxygen atoms in total. The molecule has 34 heavy (non-hydrogen) atoms. The Morgan fingerprint density at radius 3 is 2.35 bits per heavy atom. The number of carbonyl (C=O) groups excluding carboxylic acids is 1. The van der Waals surface area contributed by atoms with Gasteiger partial charge in [-0.3, -0.25) is 4.79 Å². The van der Waals surface area contributed by atoms with Crippen molar-refractivity contribution in [2.24, 2.45) is 5.92 Å². The van der Waals surface area contributed by atoms with Crippen molar-refractivity contribution < 1.29 is 18.0 Å². The Kier molecular flexibility index (Phi) is 6.26. The highest BCUT2D eigenvalue weighted by Gasteiger charge is 2.35. The number of carbonyl (C=O) groups is 1. The molecule has 2 aromatic rings. The summed E-state index contributed by atoms with van der Waals surface area (Å²) in [5.41, 5.74) is 3.70. The van der Waals surface area contributed by atoms with Gasteiger partial charge in [-0.25, -0.2) is 0 Å². The van der Waals surface area contributed by atoms with Gasteiger partial charge in [-0.15, -0.1) is 0 Å². The summed E-state index contributed by atoms with van der Waals surface area (Å²) in [5.74, 6) is 0.293. The molecule has 1 N–H and O–H groups in total. The SMILES string of the molecule is C=C(N/C(=C(\C)C1CC1)c1cc(C(=O)N2CC(c3ccc(C#N)cc3)C2)ccc1C)C(F)(F)F. The van der Waals surface area contributed by atoms with Crippen LogP contribution in [0.4, 0.5) is 13.2 Å². The average Bonchev–Trinajstić information content (AvgIpc) is 3.61. The van der Waals surface area contributed by atoms with E-state index in [2.05, 4.69) is 18.0 Å². The van der Waals surface area contributed by atoms with Crippen LogP contribution in [-0.4, -0.2) is 30.1 Å². The fraction of sp³-hybridized carbons (Fsp3) is 0.333. The number of halogens is 3. The Morgan fingerprint density at radius 1 is 1.15 bits per heavy atom. The summed E-state index contributed by atoms with van der Waals surface area (Å²) < 4.78 is 39.7. The van der Waals surface area contributed by atoms with Crippen LogP contribution in [0.5, 0.6) is 0 Å². The van der Waals surface area contributed by atoms with Gasteiger partial charge in [0.15, 0.2) is 0 Å². The van der Waals surface area contributed by atoms with E-state index in [1.807, 2.05) is 26.0 Å². The van der Waals surface area contributed by atoms with Crippen molar-refractivity contribution in [3.63, 3.8) is 0 Å². The highest BCUT2D eigenvalue weighted by Crippen LogP contribution is 2.41. The third-order valence-corrected chi connectivity index (χ3v) is 6.64. The number of allylic oxidation sites excluding steroid dienone is 2. The molecule has 176 valence electrons. The molecule has 0 spiro atoms. The number of aryl methyl sites for hydroxylation is 1. The molecule has 1 saturated heterocycles. The van der Waals surface area contributed by atoms with E-state index in [0.717, 1.165) is 29.5 Å². The van der Waals surface area contributed by atoms with Crippen molar-refractivity contribution in [2.75, 3.05) is 13.1 Å². The maximum atomic E-state index is 13.2. The van der Waals surface area contributed by atoms with Crippen LogP contribution in [0.15, 0.2) is 60.3 Å². The third kappa shape index (κ3) is 4.86. The molecule has 1 aliphatic heterocycles. The van der Waals surface area contributed by atoms with Crippen molar-refractivity contribution in [3.8, 4) is 6.07 Å². The highest BCUT2D eigenvalue weighted by atomic mass is 19.4. The summed E-state index contributed by atoms with van der Waals surface area (Å²) in [5, 5.41) is 11.5. The van der Waals surface area contributed by atoms with Crippen LogP contribution in [-0.2, 0) is 0 Å². The molecule has 2 aromatic carbocycles. The monoisotopic (exact) mass is 465 g/mol. The molecule has 0 bridgehead atoms. The number of hydrogen-bond acceptors (Lipinski definition) is 3. The van der Waals surface area contributed by atoms with Gasteiger partial charge in [0.25, 0.3) is 5.91 Å². The van der Waals surface area contributed by atoms with E-state index in [4.69, 9.17) is 5.26 Å². The first kappa shape index (κ1) is 23.6. The van der Waals surface area contributed by atoms with Gasteiger partial charge in [-0.05, 0) is 73.6 Å². The van der Waals surface area contributed by atoms with E-state index in [-0.39, 0.29) is 17.7 Å². The second kappa shape index (κ2) is 9.02. The minimum atomic E-state index is -4.56. The van der Waals surface area contributed by atoms with Gasteiger partial charge in [0.2, 0.25) is 0 Å². The Labute approximate surface area is 197 Å². The molecule has 0 unspecified atom stereocenters. The van der Waals surface area contributed by atoms with Crippen LogP contribution in [0.3, 0.4) is 0 Å². The van der Waals surface area contributed by atoms with Gasteiger partial charge in [0.1, 0.15) is 5.70 Å². The van der Waals surface area contributed by atoms with Crippen LogP contribution < -0.4 is 5.32 Å². The van der Waals surface area contributed by atoms with Crippen LogP contribution in [0.2, 0.25) is 0 Å². The number of benzene rings is 2. The Hall–Kier alpha value is -3.53. The van der Waals surface area contributed by atoms with Crippen molar-refractivity contribution in [3.05, 3.63) is 88.1 Å². The zero-order valence-corrected chi connectivity index (χ0v) is 19.2. The molecule has 0 radical (unpaired) electrons. The van der Waals surface area contributed by atoms with E-state index in [1.54, 1.807) is 35.2 Å². The second-order valence-electron chi connectivity index (χ2n) is 9.10. The topological polar surface area (TPSA) is 56.1 Å². The zero-order chi connectivity index (χ0) is 24.6. The first-order chi connectivity index (χ1) is 16.1. The normalized spacial score (nSPS) is 16.9. The molecule has 1 aliphatic carbocycles. The first-order valence-electron chi connectivity index (χ1n) is 11.2. The standard InChI is InChI=1S/C27H26F3N3O/c1-16-4-7-22(26(34)33-14-23(15-33)21-8-5-19(13-31)6-9-21)12-24(16)25(17(2)20-10-11-20)32-18(3)27(28,29)30/h4-9,12,20,23,32H,3,10-11,14-15H2,1-2H3/b25-17+. The number of nitriles is 1. The largest absolute Gasteiger partial charge is 0.430 e. The fourth-order valence-corrected chi connectivity index (χ4v) is 4.21. The molecule has 2 fully saturated rings. The first-order valence-corrected chi connectivity index (χ1v) is 11.2. The smallest absolute Gasteiger partial charge is 0.352 e. The van der Waals surface area contributed by atoms with Gasteiger partial charge in [0.05, 0.1) is 11.6 Å². The maximum absolute atomic E-state index is 13.2. The van der Waals surface area contributed by atoms with Gasteiger partial charge < -0.3 is 10.2 Å². The van der Waals surface area contributed by atoms with E-state index in [0.29, 0.717) is 35.5 Å². The molecule has 1 amide bonds. The molecular weight excluding hydrogens is 439 g/mol. The fourth-order valence-electron chi connectivity index (χ4n) is 4.21. The van der Waals surface area contributed by atoms with Crippen LogP contribution >= 0.6 is 0 Å². The summed E-state index contributed by atoms with van der Waals surface area (Å²) in [4.78, 5) is 14.9. The molecule has 0 aromatic heterocycles.